The van der Waals surface area contributed by atoms with Crippen LogP contribution in [0.3, 0.4) is 0 Å². The van der Waals surface area contributed by atoms with Crippen LogP contribution in [0.4, 0.5) is 4.39 Å². The number of oxazole rings is 1. The molecule has 0 fully saturated rings. The first-order valence-corrected chi connectivity index (χ1v) is 8.81. The van der Waals surface area contributed by atoms with Gasteiger partial charge in [-0.15, -0.1) is 0 Å². The fourth-order valence-corrected chi connectivity index (χ4v) is 2.96. The molecule has 0 atom stereocenters. The van der Waals surface area contributed by atoms with Crippen LogP contribution in [0.25, 0.3) is 23.1 Å². The van der Waals surface area contributed by atoms with Crippen LogP contribution in [0, 0.1) is 5.82 Å². The minimum atomic E-state index is -0.323. The van der Waals surface area contributed by atoms with Crippen LogP contribution >= 0.6 is 0 Å². The zero-order valence-corrected chi connectivity index (χ0v) is 15.5. The van der Waals surface area contributed by atoms with Crippen LogP contribution in [-0.2, 0) is 6.54 Å². The number of hydrogen-bond acceptors (Lipinski definition) is 5. The van der Waals surface area contributed by atoms with Gasteiger partial charge in [-0.1, -0.05) is 18.2 Å². The van der Waals surface area contributed by atoms with Gasteiger partial charge < -0.3 is 14.5 Å². The highest BCUT2D eigenvalue weighted by atomic mass is 19.1. The van der Waals surface area contributed by atoms with Gasteiger partial charge in [-0.2, -0.15) is 5.10 Å². The number of halogens is 1. The summed E-state index contributed by atoms with van der Waals surface area (Å²) in [6.07, 6.45) is 6.55. The lowest BCUT2D eigenvalue weighted by atomic mass is 10.1. The number of benzene rings is 2. The highest BCUT2D eigenvalue weighted by Gasteiger charge is 2.19. The third-order valence-electron chi connectivity index (χ3n) is 4.35. The van der Waals surface area contributed by atoms with Crippen molar-refractivity contribution in [3.05, 3.63) is 77.4 Å². The molecule has 0 radical (unpaired) electrons. The maximum absolute atomic E-state index is 13.1. The minimum Gasteiger partial charge on any atom is -0.495 e. The highest BCUT2D eigenvalue weighted by molar-refractivity contribution is 6.05. The molecule has 0 aliphatic rings. The van der Waals surface area contributed by atoms with Gasteiger partial charge >= 0.3 is 0 Å². The number of methoxy groups -OCH3 is 1. The molecule has 0 aliphatic carbocycles. The molecule has 2 heterocycles. The lowest BCUT2D eigenvalue weighted by Crippen LogP contribution is -2.23. The molecule has 2 aromatic heterocycles. The van der Waals surface area contributed by atoms with Gasteiger partial charge in [0.25, 0.3) is 5.91 Å². The van der Waals surface area contributed by atoms with E-state index in [1.165, 1.54) is 31.7 Å². The molecular formula is C21H17FN4O3. The average molecular weight is 392 g/mol. The monoisotopic (exact) mass is 392 g/mol. The maximum atomic E-state index is 13.1. The third-order valence-corrected chi connectivity index (χ3v) is 4.35. The molecule has 0 saturated heterocycles. The lowest BCUT2D eigenvalue weighted by molar-refractivity contribution is 0.0944. The van der Waals surface area contributed by atoms with E-state index in [1.807, 2.05) is 6.08 Å². The Kier molecular flexibility index (Phi) is 5.07. The summed E-state index contributed by atoms with van der Waals surface area (Å²) in [4.78, 5) is 16.6. The number of aromatic amines is 1. The van der Waals surface area contributed by atoms with E-state index in [0.29, 0.717) is 28.3 Å². The molecule has 0 bridgehead atoms. The van der Waals surface area contributed by atoms with Crippen LogP contribution in [0.15, 0.2) is 53.3 Å². The van der Waals surface area contributed by atoms with Crippen molar-refractivity contribution < 1.29 is 18.3 Å². The molecule has 0 saturated carbocycles. The Labute approximate surface area is 165 Å². The molecule has 1 amide bonds. The quantitative estimate of drug-likeness (QED) is 0.521. The summed E-state index contributed by atoms with van der Waals surface area (Å²) < 4.78 is 23.7. The lowest BCUT2D eigenvalue weighted by Gasteiger charge is -2.10. The number of aromatic nitrogens is 3. The Bertz CT molecular complexity index is 1160. The summed E-state index contributed by atoms with van der Waals surface area (Å²) in [5.41, 5.74) is 2.51. The summed E-state index contributed by atoms with van der Waals surface area (Å²) in [6.45, 7) is 0.162. The number of hydrogen-bond donors (Lipinski definition) is 2. The summed E-state index contributed by atoms with van der Waals surface area (Å²) in [6, 6.07) is 9.54. The Morgan fingerprint density at radius 3 is 2.79 bits per heavy atom. The largest absolute Gasteiger partial charge is 0.495 e. The topological polar surface area (TPSA) is 93.0 Å². The standard InChI is InChI=1S/C21H17FN4O3/c1-28-20-15(21(27)24-12-18-23-10-11-29-18)7-9-17-19(20)16(25-26-17)8-4-13-2-5-14(22)6-3-13/h2-11H,12H2,1H3,(H,24,27)(H,25,26). The first-order valence-electron chi connectivity index (χ1n) is 8.81. The van der Waals surface area contributed by atoms with Crippen molar-refractivity contribution in [2.75, 3.05) is 7.11 Å². The van der Waals surface area contributed by atoms with E-state index in [4.69, 9.17) is 9.15 Å². The summed E-state index contributed by atoms with van der Waals surface area (Å²) >= 11 is 0. The molecule has 0 aliphatic heterocycles. The highest BCUT2D eigenvalue weighted by Crippen LogP contribution is 2.32. The van der Waals surface area contributed by atoms with E-state index in [-0.39, 0.29) is 18.3 Å². The number of ether oxygens (including phenoxy) is 1. The van der Waals surface area contributed by atoms with Crippen molar-refractivity contribution in [3.63, 3.8) is 0 Å². The van der Waals surface area contributed by atoms with Crippen LogP contribution in [0.2, 0.25) is 0 Å². The van der Waals surface area contributed by atoms with Gasteiger partial charge in [0.15, 0.2) is 0 Å². The zero-order valence-electron chi connectivity index (χ0n) is 15.5. The molecule has 29 heavy (non-hydrogen) atoms. The van der Waals surface area contributed by atoms with E-state index in [2.05, 4.69) is 20.5 Å². The van der Waals surface area contributed by atoms with Gasteiger partial charge in [0.1, 0.15) is 17.8 Å². The van der Waals surface area contributed by atoms with Crippen LogP contribution in [0.5, 0.6) is 5.75 Å². The number of amides is 1. The zero-order chi connectivity index (χ0) is 20.2. The summed E-state index contributed by atoms with van der Waals surface area (Å²) in [5, 5.41) is 10.7. The Balaban J connectivity index is 1.65. The normalized spacial score (nSPS) is 11.2. The fourth-order valence-electron chi connectivity index (χ4n) is 2.96. The predicted molar refractivity (Wildman–Crippen MR) is 106 cm³/mol. The molecule has 2 N–H and O–H groups in total. The van der Waals surface area contributed by atoms with E-state index in [1.54, 1.807) is 30.3 Å². The molecular weight excluding hydrogens is 375 g/mol. The average Bonchev–Trinajstić information content (AvgIpc) is 3.40. The number of H-pyrrole nitrogens is 1. The van der Waals surface area contributed by atoms with Gasteiger partial charge in [0.2, 0.25) is 5.89 Å². The molecule has 146 valence electrons. The number of carbonyl (C=O) groups excluding carboxylic acids is 1. The number of fused-ring (bicyclic) bond motifs is 1. The van der Waals surface area contributed by atoms with Gasteiger partial charge in [0, 0.05) is 0 Å². The number of nitrogens with one attached hydrogen (secondary N) is 2. The number of carbonyl (C=O) groups is 1. The van der Waals surface area contributed by atoms with E-state index < -0.39 is 0 Å². The van der Waals surface area contributed by atoms with E-state index in [0.717, 1.165) is 11.1 Å². The van der Waals surface area contributed by atoms with Crippen molar-refractivity contribution in [3.8, 4) is 5.75 Å². The Morgan fingerprint density at radius 2 is 2.07 bits per heavy atom. The predicted octanol–water partition coefficient (Wildman–Crippen LogP) is 3.80. The first kappa shape index (κ1) is 18.4. The molecule has 0 unspecified atom stereocenters. The van der Waals surface area contributed by atoms with E-state index >= 15 is 0 Å². The smallest absolute Gasteiger partial charge is 0.255 e. The van der Waals surface area contributed by atoms with Crippen molar-refractivity contribution in [2.24, 2.45) is 0 Å². The Morgan fingerprint density at radius 1 is 1.24 bits per heavy atom. The van der Waals surface area contributed by atoms with Crippen LogP contribution in [0.1, 0.15) is 27.5 Å². The first-order chi connectivity index (χ1) is 14.2. The number of rotatable bonds is 6. The van der Waals surface area contributed by atoms with Crippen molar-refractivity contribution in [1.82, 2.24) is 20.5 Å². The molecule has 7 nitrogen and oxygen atoms in total. The SMILES string of the molecule is COc1c(C(=O)NCc2ncco2)ccc2[nH]nc(C=Cc3ccc(F)cc3)c12. The van der Waals surface area contributed by atoms with Gasteiger partial charge in [-0.25, -0.2) is 9.37 Å². The van der Waals surface area contributed by atoms with Crippen molar-refractivity contribution >= 4 is 29.0 Å². The summed E-state index contributed by atoms with van der Waals surface area (Å²) in [5.74, 6) is 0.190. The third kappa shape index (κ3) is 3.86. The molecule has 4 rings (SSSR count). The molecule has 8 heteroatoms. The van der Waals surface area contributed by atoms with Crippen molar-refractivity contribution in [1.29, 1.82) is 0 Å². The second-order valence-corrected chi connectivity index (χ2v) is 6.17. The van der Waals surface area contributed by atoms with Crippen molar-refractivity contribution in [2.45, 2.75) is 6.54 Å². The van der Waals surface area contributed by atoms with Crippen LogP contribution in [-0.4, -0.2) is 28.2 Å². The second-order valence-electron chi connectivity index (χ2n) is 6.17. The number of nitrogens with zero attached hydrogens (tertiary/aromatic N) is 2. The molecule has 0 spiro atoms. The second kappa shape index (κ2) is 7.97. The van der Waals surface area contributed by atoms with Crippen LogP contribution < -0.4 is 10.1 Å². The fraction of sp³-hybridized carbons (Fsp3) is 0.0952. The van der Waals surface area contributed by atoms with E-state index in [9.17, 15) is 9.18 Å². The molecule has 4 aromatic rings. The summed E-state index contributed by atoms with van der Waals surface area (Å²) in [7, 11) is 1.50. The molecule has 2 aromatic carbocycles. The van der Waals surface area contributed by atoms with Gasteiger partial charge in [-0.05, 0) is 35.9 Å². The van der Waals surface area contributed by atoms with Gasteiger partial charge in [0.05, 0.1) is 42.0 Å². The maximum Gasteiger partial charge on any atom is 0.255 e. The van der Waals surface area contributed by atoms with Gasteiger partial charge in [-0.3, -0.25) is 9.89 Å². The minimum absolute atomic E-state index is 0.162. The Hall–Kier alpha value is -3.94.